The zero-order valence-electron chi connectivity index (χ0n) is 17.6. The van der Waals surface area contributed by atoms with E-state index in [4.69, 9.17) is 0 Å². The first-order valence-corrected chi connectivity index (χ1v) is 14.2. The number of carbonyl (C=O) groups is 1. The van der Waals surface area contributed by atoms with Gasteiger partial charge in [0.05, 0.1) is 20.0 Å². The van der Waals surface area contributed by atoms with Crippen LogP contribution >= 0.6 is 11.3 Å². The van der Waals surface area contributed by atoms with Crippen LogP contribution in [0.25, 0.3) is 10.2 Å². The Kier molecular flexibility index (Phi) is 6.10. The fourth-order valence-corrected chi connectivity index (χ4v) is 6.96. The Labute approximate surface area is 191 Å². The molecule has 170 valence electrons. The molecule has 0 radical (unpaired) electrons. The number of fused-ring (bicyclic) bond motifs is 1. The number of piperidine rings is 1. The Morgan fingerprint density at radius 1 is 1.06 bits per heavy atom. The number of anilines is 1. The number of nitrogens with zero attached hydrogens (tertiary/aromatic N) is 2. The maximum absolute atomic E-state index is 13.2. The second kappa shape index (κ2) is 8.54. The average molecular weight is 494 g/mol. The van der Waals surface area contributed by atoms with Gasteiger partial charge in [-0.2, -0.15) is 4.31 Å². The van der Waals surface area contributed by atoms with Crippen LogP contribution in [0.1, 0.15) is 24.8 Å². The molecule has 1 aliphatic rings. The van der Waals surface area contributed by atoms with E-state index in [2.05, 4.69) is 10.3 Å². The van der Waals surface area contributed by atoms with Gasteiger partial charge in [-0.1, -0.05) is 35.5 Å². The van der Waals surface area contributed by atoms with Gasteiger partial charge in [-0.3, -0.25) is 4.79 Å². The quantitative estimate of drug-likeness (QED) is 0.584. The maximum atomic E-state index is 13.2. The monoisotopic (exact) mass is 493 g/mol. The molecule has 1 aromatic heterocycles. The summed E-state index contributed by atoms with van der Waals surface area (Å²) in [5.41, 5.74) is 1.51. The van der Waals surface area contributed by atoms with Gasteiger partial charge in [-0.05, 0) is 50.1 Å². The van der Waals surface area contributed by atoms with Crippen LogP contribution in [0.3, 0.4) is 0 Å². The zero-order chi connectivity index (χ0) is 23.1. The van der Waals surface area contributed by atoms with Crippen molar-refractivity contribution in [3.8, 4) is 0 Å². The van der Waals surface area contributed by atoms with E-state index in [0.29, 0.717) is 28.2 Å². The fraction of sp³-hybridized carbons (Fsp3) is 0.333. The first-order valence-electron chi connectivity index (χ1n) is 10.1. The highest BCUT2D eigenvalue weighted by molar-refractivity contribution is 7.90. The number of carbonyl (C=O) groups excluding carboxylic acids is 1. The second-order valence-electron chi connectivity index (χ2n) is 7.85. The van der Waals surface area contributed by atoms with Crippen LogP contribution in [-0.4, -0.2) is 50.9 Å². The summed E-state index contributed by atoms with van der Waals surface area (Å²) in [6.45, 7) is 2.15. The molecule has 1 saturated heterocycles. The molecule has 11 heteroatoms. The second-order valence-corrected chi connectivity index (χ2v) is 12.8. The predicted octanol–water partition coefficient (Wildman–Crippen LogP) is 3.19. The third-order valence-corrected chi connectivity index (χ3v) is 9.37. The molecule has 32 heavy (non-hydrogen) atoms. The number of benzene rings is 2. The molecule has 0 unspecified atom stereocenters. The molecule has 1 N–H and O–H groups in total. The van der Waals surface area contributed by atoms with Crippen molar-refractivity contribution >= 4 is 52.5 Å². The molecule has 8 nitrogen and oxygen atoms in total. The third kappa shape index (κ3) is 4.56. The molecule has 1 aliphatic heterocycles. The topological polar surface area (TPSA) is 114 Å². The highest BCUT2D eigenvalue weighted by atomic mass is 32.2. The first kappa shape index (κ1) is 22.8. The van der Waals surface area contributed by atoms with Gasteiger partial charge in [0.1, 0.15) is 6.04 Å². The Balaban J connectivity index is 1.59. The van der Waals surface area contributed by atoms with E-state index in [9.17, 15) is 21.6 Å². The van der Waals surface area contributed by atoms with Crippen molar-refractivity contribution < 1.29 is 21.6 Å². The van der Waals surface area contributed by atoms with Gasteiger partial charge in [0.2, 0.25) is 15.9 Å². The molecule has 4 rings (SSSR count). The summed E-state index contributed by atoms with van der Waals surface area (Å²) >= 11 is 1.15. The van der Waals surface area contributed by atoms with Crippen LogP contribution < -0.4 is 5.32 Å². The minimum Gasteiger partial charge on any atom is -0.301 e. The number of rotatable bonds is 5. The van der Waals surface area contributed by atoms with Gasteiger partial charge in [0, 0.05) is 12.8 Å². The van der Waals surface area contributed by atoms with Crippen molar-refractivity contribution in [1.82, 2.24) is 9.29 Å². The molecular formula is C21H23N3O5S3. The number of hydrogen-bond donors (Lipinski definition) is 1. The van der Waals surface area contributed by atoms with Gasteiger partial charge in [-0.15, -0.1) is 0 Å². The molecule has 1 fully saturated rings. The lowest BCUT2D eigenvalue weighted by Gasteiger charge is -2.33. The SMILES string of the molecule is Cc1ccc(S(=O)(=O)N2CCCC[C@@H]2C(=O)Nc2nc3ccc(S(C)(=O)=O)cc3s2)cc1. The molecule has 2 heterocycles. The number of sulfonamides is 1. The first-order chi connectivity index (χ1) is 15.1. The van der Waals surface area contributed by atoms with Crippen LogP contribution in [-0.2, 0) is 24.7 Å². The lowest BCUT2D eigenvalue weighted by molar-refractivity contribution is -0.120. The Hall–Kier alpha value is -2.34. The van der Waals surface area contributed by atoms with E-state index in [-0.39, 0.29) is 16.3 Å². The van der Waals surface area contributed by atoms with E-state index in [1.807, 2.05) is 6.92 Å². The minimum atomic E-state index is -3.82. The van der Waals surface area contributed by atoms with Crippen molar-refractivity contribution in [2.45, 2.75) is 42.0 Å². The largest absolute Gasteiger partial charge is 0.301 e. The Morgan fingerprint density at radius 3 is 2.44 bits per heavy atom. The molecule has 1 atom stereocenters. The molecule has 3 aromatic rings. The number of sulfone groups is 1. The molecule has 0 saturated carbocycles. The van der Waals surface area contributed by atoms with E-state index in [1.165, 1.54) is 16.4 Å². The van der Waals surface area contributed by atoms with Crippen molar-refractivity contribution in [3.63, 3.8) is 0 Å². The zero-order valence-corrected chi connectivity index (χ0v) is 20.1. The predicted molar refractivity (Wildman–Crippen MR) is 124 cm³/mol. The summed E-state index contributed by atoms with van der Waals surface area (Å²) in [4.78, 5) is 17.8. The van der Waals surface area contributed by atoms with E-state index >= 15 is 0 Å². The maximum Gasteiger partial charge on any atom is 0.244 e. The summed E-state index contributed by atoms with van der Waals surface area (Å²) in [6, 6.07) is 10.3. The van der Waals surface area contributed by atoms with Crippen LogP contribution in [0.4, 0.5) is 5.13 Å². The number of aryl methyl sites for hydroxylation is 1. The molecular weight excluding hydrogens is 470 g/mol. The highest BCUT2D eigenvalue weighted by Crippen LogP contribution is 2.30. The number of amides is 1. The average Bonchev–Trinajstić information content (AvgIpc) is 3.15. The van der Waals surface area contributed by atoms with E-state index in [0.717, 1.165) is 29.6 Å². The van der Waals surface area contributed by atoms with Crippen LogP contribution in [0.15, 0.2) is 52.3 Å². The molecule has 0 spiro atoms. The van der Waals surface area contributed by atoms with Crippen molar-refractivity contribution in [2.24, 2.45) is 0 Å². The summed E-state index contributed by atoms with van der Waals surface area (Å²) in [5, 5.41) is 3.03. The Bertz CT molecular complexity index is 1380. The summed E-state index contributed by atoms with van der Waals surface area (Å²) in [5.74, 6) is -0.442. The molecule has 2 aromatic carbocycles. The van der Waals surface area contributed by atoms with Crippen LogP contribution in [0, 0.1) is 6.92 Å². The molecule has 1 amide bonds. The number of nitrogens with one attached hydrogen (secondary N) is 1. The van der Waals surface area contributed by atoms with Gasteiger partial charge < -0.3 is 5.32 Å². The summed E-state index contributed by atoms with van der Waals surface area (Å²) < 4.78 is 51.9. The van der Waals surface area contributed by atoms with Gasteiger partial charge in [0.25, 0.3) is 0 Å². The van der Waals surface area contributed by atoms with Crippen molar-refractivity contribution in [2.75, 3.05) is 18.1 Å². The van der Waals surface area contributed by atoms with Gasteiger partial charge in [0.15, 0.2) is 15.0 Å². The minimum absolute atomic E-state index is 0.163. The van der Waals surface area contributed by atoms with E-state index in [1.54, 1.807) is 30.3 Å². The van der Waals surface area contributed by atoms with E-state index < -0.39 is 31.8 Å². The van der Waals surface area contributed by atoms with Crippen LogP contribution in [0.5, 0.6) is 0 Å². The smallest absolute Gasteiger partial charge is 0.244 e. The normalized spacial score (nSPS) is 18.0. The third-order valence-electron chi connectivity index (χ3n) is 5.40. The highest BCUT2D eigenvalue weighted by Gasteiger charge is 2.37. The number of hydrogen-bond acceptors (Lipinski definition) is 7. The lowest BCUT2D eigenvalue weighted by atomic mass is 10.0. The number of aromatic nitrogens is 1. The summed E-state index contributed by atoms with van der Waals surface area (Å²) in [7, 11) is -7.18. The Morgan fingerprint density at radius 2 is 1.75 bits per heavy atom. The van der Waals surface area contributed by atoms with Gasteiger partial charge >= 0.3 is 0 Å². The summed E-state index contributed by atoms with van der Waals surface area (Å²) in [6.07, 6.45) is 2.98. The van der Waals surface area contributed by atoms with Crippen molar-refractivity contribution in [3.05, 3.63) is 48.0 Å². The van der Waals surface area contributed by atoms with Crippen LogP contribution in [0.2, 0.25) is 0 Å². The molecule has 0 bridgehead atoms. The number of thiazole rings is 1. The van der Waals surface area contributed by atoms with Gasteiger partial charge in [-0.25, -0.2) is 21.8 Å². The van der Waals surface area contributed by atoms with Crippen molar-refractivity contribution in [1.29, 1.82) is 0 Å². The fourth-order valence-electron chi connectivity index (χ4n) is 3.68. The lowest BCUT2D eigenvalue weighted by Crippen LogP contribution is -2.49. The standard InChI is InChI=1S/C21H23N3O5S3/c1-14-6-8-15(9-7-14)32(28,29)24-12-4-3-5-18(24)20(25)23-21-22-17-11-10-16(31(2,26)27)13-19(17)30-21/h6-11,13,18H,3-5,12H2,1-2H3,(H,22,23,25)/t18-/m1/s1. The molecule has 0 aliphatic carbocycles.